The van der Waals surface area contributed by atoms with E-state index < -0.39 is 5.97 Å². The first-order chi connectivity index (χ1) is 10.1. The van der Waals surface area contributed by atoms with Crippen LogP contribution in [0.3, 0.4) is 0 Å². The van der Waals surface area contributed by atoms with Crippen molar-refractivity contribution >= 4 is 27.6 Å². The largest absolute Gasteiger partial charge is 0.497 e. The Morgan fingerprint density at radius 3 is 2.14 bits per heavy atom. The van der Waals surface area contributed by atoms with Gasteiger partial charge in [-0.05, 0) is 61.0 Å². The van der Waals surface area contributed by atoms with Crippen LogP contribution in [0.4, 0.5) is 0 Å². The molecule has 0 aliphatic rings. The summed E-state index contributed by atoms with van der Waals surface area (Å²) in [5.41, 5.74) is 1.92. The van der Waals surface area contributed by atoms with E-state index in [9.17, 15) is 4.79 Å². The molecule has 0 heterocycles. The highest BCUT2D eigenvalue weighted by Crippen LogP contribution is 2.13. The second-order valence-corrected chi connectivity index (χ2v) is 5.21. The third kappa shape index (κ3) is 4.16. The fourth-order valence-corrected chi connectivity index (χ4v) is 1.90. The summed E-state index contributed by atoms with van der Waals surface area (Å²) in [5, 5.41) is 3.86. The van der Waals surface area contributed by atoms with Gasteiger partial charge in [0.1, 0.15) is 5.75 Å². The minimum atomic E-state index is -0.490. The van der Waals surface area contributed by atoms with Crippen LogP contribution in [-0.2, 0) is 4.84 Å². The van der Waals surface area contributed by atoms with Crippen molar-refractivity contribution in [1.29, 1.82) is 0 Å². The third-order valence-corrected chi connectivity index (χ3v) is 3.38. The number of methoxy groups -OCH3 is 1. The lowest BCUT2D eigenvalue weighted by Crippen LogP contribution is -2.03. The van der Waals surface area contributed by atoms with Gasteiger partial charge >= 0.3 is 5.97 Å². The molecular weight excluding hydrogens is 334 g/mol. The van der Waals surface area contributed by atoms with Crippen molar-refractivity contribution < 1.29 is 14.4 Å². The van der Waals surface area contributed by atoms with Crippen molar-refractivity contribution in [2.24, 2.45) is 5.16 Å². The summed E-state index contributed by atoms with van der Waals surface area (Å²) in [6.45, 7) is 1.77. The van der Waals surface area contributed by atoms with Gasteiger partial charge in [-0.25, -0.2) is 4.79 Å². The van der Waals surface area contributed by atoms with Crippen molar-refractivity contribution in [3.8, 4) is 5.75 Å². The van der Waals surface area contributed by atoms with Crippen LogP contribution in [0.25, 0.3) is 0 Å². The van der Waals surface area contributed by atoms with Gasteiger partial charge in [-0.3, -0.25) is 0 Å². The van der Waals surface area contributed by atoms with Crippen LogP contribution < -0.4 is 4.74 Å². The van der Waals surface area contributed by atoms with E-state index in [1.807, 2.05) is 24.3 Å². The second kappa shape index (κ2) is 7.04. The smallest absolute Gasteiger partial charge is 0.365 e. The van der Waals surface area contributed by atoms with E-state index in [-0.39, 0.29) is 0 Å². The minimum Gasteiger partial charge on any atom is -0.497 e. The lowest BCUT2D eigenvalue weighted by molar-refractivity contribution is 0.0516. The number of oxime groups is 1. The van der Waals surface area contributed by atoms with Gasteiger partial charge in [0.25, 0.3) is 0 Å². The Labute approximate surface area is 131 Å². The van der Waals surface area contributed by atoms with Crippen LogP contribution in [0, 0.1) is 0 Å². The summed E-state index contributed by atoms with van der Waals surface area (Å²) in [4.78, 5) is 16.8. The molecule has 108 valence electrons. The van der Waals surface area contributed by atoms with Crippen molar-refractivity contribution in [3.63, 3.8) is 0 Å². The number of carbonyl (C=O) groups excluding carboxylic acids is 1. The normalized spacial score (nSPS) is 11.1. The molecule has 0 aromatic heterocycles. The van der Waals surface area contributed by atoms with Crippen LogP contribution in [-0.4, -0.2) is 18.8 Å². The molecule has 0 aliphatic carbocycles. The molecule has 2 rings (SSSR count). The minimum absolute atomic E-state index is 0.449. The molecule has 0 radical (unpaired) electrons. The van der Waals surface area contributed by atoms with E-state index in [1.54, 1.807) is 38.3 Å². The quantitative estimate of drug-likeness (QED) is 0.476. The highest BCUT2D eigenvalue weighted by atomic mass is 79.9. The molecule has 0 aliphatic heterocycles. The Hall–Kier alpha value is -2.14. The summed E-state index contributed by atoms with van der Waals surface area (Å²) < 4.78 is 5.99. The summed E-state index contributed by atoms with van der Waals surface area (Å²) in [7, 11) is 1.61. The summed E-state index contributed by atoms with van der Waals surface area (Å²) >= 11 is 3.31. The van der Waals surface area contributed by atoms with Crippen LogP contribution in [0.1, 0.15) is 22.8 Å². The third-order valence-electron chi connectivity index (χ3n) is 2.85. The van der Waals surface area contributed by atoms with Crippen LogP contribution in [0.15, 0.2) is 58.2 Å². The highest BCUT2D eigenvalue weighted by Gasteiger charge is 2.07. The average Bonchev–Trinajstić information content (AvgIpc) is 2.53. The predicted molar refractivity (Wildman–Crippen MR) is 84.8 cm³/mol. The fourth-order valence-electron chi connectivity index (χ4n) is 1.63. The maximum Gasteiger partial charge on any atom is 0.365 e. The van der Waals surface area contributed by atoms with Crippen molar-refractivity contribution in [1.82, 2.24) is 0 Å². The highest BCUT2D eigenvalue weighted by molar-refractivity contribution is 9.10. The number of ether oxygens (including phenoxy) is 1. The molecule has 2 aromatic rings. The molecule has 0 spiro atoms. The zero-order valence-corrected chi connectivity index (χ0v) is 13.3. The van der Waals surface area contributed by atoms with E-state index in [0.29, 0.717) is 11.3 Å². The first-order valence-corrected chi connectivity index (χ1v) is 7.05. The maximum atomic E-state index is 11.8. The molecular formula is C16H14BrNO3. The Balaban J connectivity index is 2.05. The van der Waals surface area contributed by atoms with Crippen LogP contribution >= 0.6 is 15.9 Å². The molecule has 0 N–H and O–H groups in total. The number of carbonyl (C=O) groups is 1. The monoisotopic (exact) mass is 347 g/mol. The average molecular weight is 348 g/mol. The number of hydrogen-bond donors (Lipinski definition) is 0. The Morgan fingerprint density at radius 2 is 1.57 bits per heavy atom. The van der Waals surface area contributed by atoms with Gasteiger partial charge in [0.05, 0.1) is 18.4 Å². The van der Waals surface area contributed by atoms with E-state index in [0.717, 1.165) is 15.8 Å². The van der Waals surface area contributed by atoms with Gasteiger partial charge in [-0.15, -0.1) is 0 Å². The number of nitrogens with zero attached hydrogens (tertiary/aromatic N) is 1. The molecule has 5 heteroatoms. The second-order valence-electron chi connectivity index (χ2n) is 4.29. The molecule has 0 bridgehead atoms. The van der Waals surface area contributed by atoms with Crippen molar-refractivity contribution in [2.75, 3.05) is 7.11 Å². The molecule has 0 saturated carbocycles. The van der Waals surface area contributed by atoms with Crippen LogP contribution in [0.5, 0.6) is 5.75 Å². The van der Waals surface area contributed by atoms with Crippen LogP contribution in [0.2, 0.25) is 0 Å². The summed E-state index contributed by atoms with van der Waals surface area (Å²) in [6, 6.07) is 14.2. The van der Waals surface area contributed by atoms with E-state index >= 15 is 0 Å². The zero-order chi connectivity index (χ0) is 15.2. The first kappa shape index (κ1) is 15.3. The number of rotatable bonds is 4. The van der Waals surface area contributed by atoms with Gasteiger partial charge in [-0.1, -0.05) is 21.1 Å². The lowest BCUT2D eigenvalue weighted by Gasteiger charge is -2.03. The number of halogens is 1. The van der Waals surface area contributed by atoms with Gasteiger partial charge in [0.2, 0.25) is 0 Å². The molecule has 0 unspecified atom stereocenters. The molecule has 0 amide bonds. The molecule has 21 heavy (non-hydrogen) atoms. The van der Waals surface area contributed by atoms with Crippen molar-refractivity contribution in [2.45, 2.75) is 6.92 Å². The SMILES string of the molecule is COc1ccc(C(C)=NOC(=O)c2ccc(Br)cc2)cc1. The molecule has 4 nitrogen and oxygen atoms in total. The standard InChI is InChI=1S/C16H14BrNO3/c1-11(12-5-9-15(20-2)10-6-12)18-21-16(19)13-3-7-14(17)8-4-13/h3-10H,1-2H3. The Bertz CT molecular complexity index is 648. The Kier molecular flexibility index (Phi) is 5.11. The Morgan fingerprint density at radius 1 is 1.00 bits per heavy atom. The summed E-state index contributed by atoms with van der Waals surface area (Å²) in [5.74, 6) is 0.272. The van der Waals surface area contributed by atoms with E-state index in [4.69, 9.17) is 9.57 Å². The van der Waals surface area contributed by atoms with Gasteiger partial charge in [0, 0.05) is 4.47 Å². The van der Waals surface area contributed by atoms with Gasteiger partial charge in [-0.2, -0.15) is 0 Å². The topological polar surface area (TPSA) is 47.9 Å². The zero-order valence-electron chi connectivity index (χ0n) is 11.7. The van der Waals surface area contributed by atoms with Crippen molar-refractivity contribution in [3.05, 3.63) is 64.1 Å². The lowest BCUT2D eigenvalue weighted by atomic mass is 10.1. The number of benzene rings is 2. The molecule has 0 atom stereocenters. The summed E-state index contributed by atoms with van der Waals surface area (Å²) in [6.07, 6.45) is 0. The van der Waals surface area contributed by atoms with Gasteiger partial charge in [0.15, 0.2) is 0 Å². The first-order valence-electron chi connectivity index (χ1n) is 6.26. The fraction of sp³-hybridized carbons (Fsp3) is 0.125. The van der Waals surface area contributed by atoms with E-state index in [2.05, 4.69) is 21.1 Å². The predicted octanol–water partition coefficient (Wildman–Crippen LogP) is 4.04. The number of hydrogen-bond acceptors (Lipinski definition) is 4. The maximum absolute atomic E-state index is 11.8. The molecule has 2 aromatic carbocycles. The molecule has 0 fully saturated rings. The van der Waals surface area contributed by atoms with Gasteiger partial charge < -0.3 is 9.57 Å². The molecule has 0 saturated heterocycles. The van der Waals surface area contributed by atoms with E-state index in [1.165, 1.54) is 0 Å².